The molecule has 1 atom stereocenters. The van der Waals surface area contributed by atoms with E-state index in [0.717, 1.165) is 6.61 Å². The Kier molecular flexibility index (Phi) is 2.89. The van der Waals surface area contributed by atoms with E-state index in [2.05, 4.69) is 0 Å². The molecule has 76 valence electrons. The normalized spacial score (nSPS) is 34.4. The van der Waals surface area contributed by atoms with Gasteiger partial charge in [0.05, 0.1) is 6.10 Å². The van der Waals surface area contributed by atoms with Crippen LogP contribution in [0.15, 0.2) is 0 Å². The second kappa shape index (κ2) is 3.97. The Morgan fingerprint density at radius 2 is 1.77 bits per heavy atom. The van der Waals surface area contributed by atoms with Crippen molar-refractivity contribution in [1.29, 1.82) is 0 Å². The van der Waals surface area contributed by atoms with E-state index >= 15 is 0 Å². The van der Waals surface area contributed by atoms with Crippen LogP contribution in [0.2, 0.25) is 0 Å². The van der Waals surface area contributed by atoms with Crippen molar-refractivity contribution in [2.24, 2.45) is 5.73 Å². The van der Waals surface area contributed by atoms with E-state index in [9.17, 15) is 0 Å². The number of hydrogen-bond donors (Lipinski definition) is 1. The molecule has 1 aliphatic heterocycles. The molecule has 2 nitrogen and oxygen atoms in total. The Morgan fingerprint density at radius 1 is 1.00 bits per heavy atom. The van der Waals surface area contributed by atoms with Gasteiger partial charge in [-0.3, -0.25) is 0 Å². The molecule has 0 aromatic heterocycles. The lowest BCUT2D eigenvalue weighted by Gasteiger charge is -2.42. The SMILES string of the molecule is NC1(C2CCCCO2)CCCCC1. The van der Waals surface area contributed by atoms with Crippen molar-refractivity contribution in [3.63, 3.8) is 0 Å². The zero-order valence-electron chi connectivity index (χ0n) is 8.43. The fourth-order valence-corrected chi connectivity index (χ4v) is 2.73. The highest BCUT2D eigenvalue weighted by Gasteiger charge is 2.37. The topological polar surface area (TPSA) is 35.2 Å². The summed E-state index contributed by atoms with van der Waals surface area (Å²) in [4.78, 5) is 0. The Morgan fingerprint density at radius 3 is 2.38 bits per heavy atom. The van der Waals surface area contributed by atoms with Crippen molar-refractivity contribution in [1.82, 2.24) is 0 Å². The highest BCUT2D eigenvalue weighted by atomic mass is 16.5. The van der Waals surface area contributed by atoms with E-state index in [4.69, 9.17) is 10.5 Å². The van der Waals surface area contributed by atoms with Gasteiger partial charge in [0.1, 0.15) is 0 Å². The first-order valence-corrected chi connectivity index (χ1v) is 5.72. The summed E-state index contributed by atoms with van der Waals surface area (Å²) in [7, 11) is 0. The van der Waals surface area contributed by atoms with Gasteiger partial charge in [-0.25, -0.2) is 0 Å². The zero-order chi connectivity index (χ0) is 9.15. The van der Waals surface area contributed by atoms with E-state index < -0.39 is 0 Å². The van der Waals surface area contributed by atoms with Crippen molar-refractivity contribution in [3.8, 4) is 0 Å². The van der Waals surface area contributed by atoms with Gasteiger partial charge in [0.15, 0.2) is 0 Å². The maximum absolute atomic E-state index is 6.41. The van der Waals surface area contributed by atoms with Crippen LogP contribution in [0.3, 0.4) is 0 Å². The molecule has 0 bridgehead atoms. The molecule has 2 fully saturated rings. The van der Waals surface area contributed by atoms with Gasteiger partial charge < -0.3 is 10.5 Å². The fourth-order valence-electron chi connectivity index (χ4n) is 2.73. The molecule has 1 heterocycles. The maximum atomic E-state index is 6.41. The molecule has 0 radical (unpaired) electrons. The van der Waals surface area contributed by atoms with Crippen LogP contribution in [-0.4, -0.2) is 18.2 Å². The zero-order valence-corrected chi connectivity index (χ0v) is 8.43. The largest absolute Gasteiger partial charge is 0.376 e. The molecular weight excluding hydrogens is 162 g/mol. The Bertz CT molecular complexity index is 157. The fraction of sp³-hybridized carbons (Fsp3) is 1.00. The molecule has 1 aliphatic carbocycles. The summed E-state index contributed by atoms with van der Waals surface area (Å²) in [6.07, 6.45) is 10.4. The highest BCUT2D eigenvalue weighted by molar-refractivity contribution is 4.95. The van der Waals surface area contributed by atoms with E-state index in [-0.39, 0.29) is 5.54 Å². The van der Waals surface area contributed by atoms with Crippen molar-refractivity contribution in [2.45, 2.75) is 63.0 Å². The van der Waals surface area contributed by atoms with Crippen molar-refractivity contribution in [3.05, 3.63) is 0 Å². The number of hydrogen-bond acceptors (Lipinski definition) is 2. The second-order valence-corrected chi connectivity index (χ2v) is 4.65. The number of rotatable bonds is 1. The van der Waals surface area contributed by atoms with Gasteiger partial charge in [-0.1, -0.05) is 19.3 Å². The molecular formula is C11H21NO. The first kappa shape index (κ1) is 9.47. The third kappa shape index (κ3) is 2.05. The predicted octanol–water partition coefficient (Wildman–Crippen LogP) is 2.22. The second-order valence-electron chi connectivity index (χ2n) is 4.65. The molecule has 0 spiro atoms. The lowest BCUT2D eigenvalue weighted by Crippen LogP contribution is -2.54. The first-order valence-electron chi connectivity index (χ1n) is 5.72. The smallest absolute Gasteiger partial charge is 0.0754 e. The molecule has 1 unspecified atom stereocenters. The summed E-state index contributed by atoms with van der Waals surface area (Å²) in [5.41, 5.74) is 6.44. The minimum Gasteiger partial charge on any atom is -0.376 e. The van der Waals surface area contributed by atoms with Crippen LogP contribution >= 0.6 is 0 Å². The van der Waals surface area contributed by atoms with Crippen LogP contribution in [0.25, 0.3) is 0 Å². The third-order valence-corrected chi connectivity index (χ3v) is 3.61. The molecule has 2 N–H and O–H groups in total. The standard InChI is InChI=1S/C11H21NO/c12-11(7-3-1-4-8-11)10-6-2-5-9-13-10/h10H,1-9,12H2. The summed E-state index contributed by atoms with van der Waals surface area (Å²) >= 11 is 0. The van der Waals surface area contributed by atoms with Crippen LogP contribution in [0.1, 0.15) is 51.4 Å². The van der Waals surface area contributed by atoms with Gasteiger partial charge in [0.25, 0.3) is 0 Å². The summed E-state index contributed by atoms with van der Waals surface area (Å²) < 4.78 is 5.80. The lowest BCUT2D eigenvalue weighted by atomic mass is 9.76. The third-order valence-electron chi connectivity index (χ3n) is 3.61. The average Bonchev–Trinajstić information content (AvgIpc) is 2.20. The Labute approximate surface area is 80.8 Å². The molecule has 2 heteroatoms. The van der Waals surface area contributed by atoms with Gasteiger partial charge in [-0.2, -0.15) is 0 Å². The van der Waals surface area contributed by atoms with Crippen LogP contribution in [0.5, 0.6) is 0 Å². The van der Waals surface area contributed by atoms with Crippen molar-refractivity contribution < 1.29 is 4.74 Å². The Balaban J connectivity index is 1.94. The minimum absolute atomic E-state index is 0.0265. The molecule has 1 saturated carbocycles. The van der Waals surface area contributed by atoms with Crippen LogP contribution < -0.4 is 5.73 Å². The van der Waals surface area contributed by atoms with Crippen LogP contribution in [0.4, 0.5) is 0 Å². The molecule has 0 amide bonds. The summed E-state index contributed by atoms with van der Waals surface area (Å²) in [5.74, 6) is 0. The lowest BCUT2D eigenvalue weighted by molar-refractivity contribution is -0.0437. The minimum atomic E-state index is 0.0265. The molecule has 2 rings (SSSR count). The number of ether oxygens (including phenoxy) is 1. The van der Waals surface area contributed by atoms with Gasteiger partial charge in [0, 0.05) is 12.1 Å². The summed E-state index contributed by atoms with van der Waals surface area (Å²) in [5, 5.41) is 0. The van der Waals surface area contributed by atoms with E-state index in [0.29, 0.717) is 6.10 Å². The predicted molar refractivity (Wildman–Crippen MR) is 53.6 cm³/mol. The number of nitrogens with two attached hydrogens (primary N) is 1. The summed E-state index contributed by atoms with van der Waals surface area (Å²) in [6.45, 7) is 0.934. The highest BCUT2D eigenvalue weighted by Crippen LogP contribution is 2.33. The van der Waals surface area contributed by atoms with Gasteiger partial charge in [-0.15, -0.1) is 0 Å². The molecule has 2 aliphatic rings. The summed E-state index contributed by atoms with van der Waals surface area (Å²) in [6, 6.07) is 0. The van der Waals surface area contributed by atoms with Gasteiger partial charge in [0.2, 0.25) is 0 Å². The van der Waals surface area contributed by atoms with Gasteiger partial charge >= 0.3 is 0 Å². The first-order chi connectivity index (χ1) is 6.31. The van der Waals surface area contributed by atoms with E-state index in [1.807, 2.05) is 0 Å². The van der Waals surface area contributed by atoms with Gasteiger partial charge in [-0.05, 0) is 32.1 Å². The monoisotopic (exact) mass is 183 g/mol. The maximum Gasteiger partial charge on any atom is 0.0754 e. The van der Waals surface area contributed by atoms with Crippen LogP contribution in [0, 0.1) is 0 Å². The average molecular weight is 183 g/mol. The van der Waals surface area contributed by atoms with Crippen LogP contribution in [-0.2, 0) is 4.74 Å². The quantitative estimate of drug-likeness (QED) is 0.676. The molecule has 1 saturated heterocycles. The van der Waals surface area contributed by atoms with E-state index in [1.165, 1.54) is 51.4 Å². The molecule has 0 aromatic rings. The van der Waals surface area contributed by atoms with E-state index in [1.54, 1.807) is 0 Å². The Hall–Kier alpha value is -0.0800. The van der Waals surface area contributed by atoms with Crippen molar-refractivity contribution in [2.75, 3.05) is 6.61 Å². The molecule has 13 heavy (non-hydrogen) atoms. The van der Waals surface area contributed by atoms with Crippen molar-refractivity contribution >= 4 is 0 Å². The molecule has 0 aromatic carbocycles.